The van der Waals surface area contributed by atoms with Gasteiger partial charge in [-0.3, -0.25) is 0 Å². The second-order valence-corrected chi connectivity index (χ2v) is 5.61. The first-order chi connectivity index (χ1) is 9.49. The van der Waals surface area contributed by atoms with Crippen LogP contribution in [0.25, 0.3) is 0 Å². The molecule has 2 aromatic rings. The summed E-state index contributed by atoms with van der Waals surface area (Å²) < 4.78 is 13.1. The van der Waals surface area contributed by atoms with Gasteiger partial charge in [0, 0.05) is 22.1 Å². The molecule has 0 spiro atoms. The smallest absolute Gasteiger partial charge is 0.124 e. The molecule has 0 bridgehead atoms. The van der Waals surface area contributed by atoms with E-state index in [2.05, 4.69) is 5.32 Å². The van der Waals surface area contributed by atoms with Crippen LogP contribution in [0.4, 0.5) is 4.39 Å². The number of hydrogen-bond acceptors (Lipinski definition) is 1. The molecule has 20 heavy (non-hydrogen) atoms. The van der Waals surface area contributed by atoms with Crippen molar-refractivity contribution in [2.45, 2.75) is 25.9 Å². The average Bonchev–Trinajstić information content (AvgIpc) is 2.38. The molecular formula is C16H16Cl2FN. The number of halogens is 3. The minimum atomic E-state index is -0.329. The Morgan fingerprint density at radius 2 is 1.50 bits per heavy atom. The topological polar surface area (TPSA) is 12.0 Å². The Morgan fingerprint density at radius 1 is 0.900 bits per heavy atom. The molecule has 0 saturated carbocycles. The lowest BCUT2D eigenvalue weighted by molar-refractivity contribution is 0.494. The van der Waals surface area contributed by atoms with Crippen molar-refractivity contribution in [3.05, 3.63) is 69.5 Å². The molecule has 0 radical (unpaired) electrons. The van der Waals surface area contributed by atoms with E-state index in [4.69, 9.17) is 23.2 Å². The summed E-state index contributed by atoms with van der Waals surface area (Å²) in [5.41, 5.74) is 1.89. The number of hydrogen-bond donors (Lipinski definition) is 1. The largest absolute Gasteiger partial charge is 0.304 e. The zero-order valence-electron chi connectivity index (χ0n) is 11.3. The highest BCUT2D eigenvalue weighted by Gasteiger charge is 2.15. The van der Waals surface area contributed by atoms with Gasteiger partial charge in [0.1, 0.15) is 5.82 Å². The average molecular weight is 312 g/mol. The van der Waals surface area contributed by atoms with Gasteiger partial charge in [-0.05, 0) is 43.2 Å². The third-order valence-electron chi connectivity index (χ3n) is 3.30. The van der Waals surface area contributed by atoms with Crippen molar-refractivity contribution in [2.24, 2.45) is 0 Å². The molecule has 2 rings (SSSR count). The Morgan fingerprint density at radius 3 is 2.10 bits per heavy atom. The van der Waals surface area contributed by atoms with Crippen molar-refractivity contribution < 1.29 is 4.39 Å². The molecule has 0 aliphatic heterocycles. The Balaban J connectivity index is 2.15. The first-order valence-corrected chi connectivity index (χ1v) is 7.20. The van der Waals surface area contributed by atoms with E-state index in [1.165, 1.54) is 12.1 Å². The van der Waals surface area contributed by atoms with E-state index in [-0.39, 0.29) is 17.9 Å². The van der Waals surface area contributed by atoms with Crippen LogP contribution in [0, 0.1) is 5.82 Å². The zero-order chi connectivity index (χ0) is 14.7. The molecule has 0 saturated heterocycles. The molecule has 1 N–H and O–H groups in total. The van der Waals surface area contributed by atoms with E-state index in [1.807, 2.05) is 38.1 Å². The lowest BCUT2D eigenvalue weighted by atomic mass is 10.0. The van der Waals surface area contributed by atoms with Gasteiger partial charge in [0.25, 0.3) is 0 Å². The Kier molecular flexibility index (Phi) is 5.03. The summed E-state index contributed by atoms with van der Waals surface area (Å²) in [7, 11) is 0. The van der Waals surface area contributed by atoms with Gasteiger partial charge >= 0.3 is 0 Å². The molecular weight excluding hydrogens is 296 g/mol. The number of nitrogens with one attached hydrogen (secondary N) is 1. The number of benzene rings is 2. The van der Waals surface area contributed by atoms with Crippen LogP contribution >= 0.6 is 23.2 Å². The zero-order valence-corrected chi connectivity index (χ0v) is 12.8. The predicted molar refractivity (Wildman–Crippen MR) is 82.8 cm³/mol. The van der Waals surface area contributed by atoms with E-state index in [9.17, 15) is 4.39 Å². The minimum absolute atomic E-state index is 0.00521. The summed E-state index contributed by atoms with van der Waals surface area (Å²) in [5, 5.41) is 4.58. The van der Waals surface area contributed by atoms with Gasteiger partial charge in [-0.2, -0.15) is 0 Å². The summed E-state index contributed by atoms with van der Waals surface area (Å²) in [6.07, 6.45) is 0. The van der Waals surface area contributed by atoms with Gasteiger partial charge in [0.05, 0.1) is 0 Å². The molecule has 106 valence electrons. The van der Waals surface area contributed by atoms with Gasteiger partial charge in [-0.25, -0.2) is 4.39 Å². The van der Waals surface area contributed by atoms with Gasteiger partial charge < -0.3 is 5.32 Å². The minimum Gasteiger partial charge on any atom is -0.304 e. The van der Waals surface area contributed by atoms with Crippen molar-refractivity contribution in [1.29, 1.82) is 0 Å². The fraction of sp³-hybridized carbons (Fsp3) is 0.250. The second kappa shape index (κ2) is 6.57. The van der Waals surface area contributed by atoms with Crippen LogP contribution in [0.3, 0.4) is 0 Å². The maximum absolute atomic E-state index is 13.1. The van der Waals surface area contributed by atoms with Gasteiger partial charge in [-0.15, -0.1) is 0 Å². The Hall–Kier alpha value is -1.09. The van der Waals surface area contributed by atoms with E-state index in [1.54, 1.807) is 6.07 Å². The Bertz CT molecular complexity index is 601. The van der Waals surface area contributed by atoms with Crippen molar-refractivity contribution >= 4 is 23.2 Å². The van der Waals surface area contributed by atoms with E-state index < -0.39 is 0 Å². The third kappa shape index (κ3) is 3.51. The fourth-order valence-corrected chi connectivity index (χ4v) is 2.86. The molecule has 0 fully saturated rings. The van der Waals surface area contributed by atoms with Crippen LogP contribution in [-0.4, -0.2) is 0 Å². The molecule has 0 amide bonds. The molecule has 0 heterocycles. The van der Waals surface area contributed by atoms with Crippen LogP contribution in [0.1, 0.15) is 37.1 Å². The quantitative estimate of drug-likeness (QED) is 0.781. The summed E-state index contributed by atoms with van der Waals surface area (Å²) in [5.74, 6) is -0.329. The summed E-state index contributed by atoms with van der Waals surface area (Å²) in [6.45, 7) is 4.03. The van der Waals surface area contributed by atoms with E-state index >= 15 is 0 Å². The van der Waals surface area contributed by atoms with Crippen molar-refractivity contribution in [3.8, 4) is 0 Å². The van der Waals surface area contributed by atoms with Crippen LogP contribution in [0.5, 0.6) is 0 Å². The highest BCUT2D eigenvalue weighted by Crippen LogP contribution is 2.28. The lowest BCUT2D eigenvalue weighted by Gasteiger charge is -2.22. The normalized spacial score (nSPS) is 14.1. The van der Waals surface area contributed by atoms with Crippen molar-refractivity contribution in [1.82, 2.24) is 5.32 Å². The Labute approximate surface area is 128 Å². The lowest BCUT2D eigenvalue weighted by Crippen LogP contribution is -2.23. The molecule has 0 aliphatic carbocycles. The van der Waals surface area contributed by atoms with Crippen LogP contribution < -0.4 is 5.32 Å². The summed E-state index contributed by atoms with van der Waals surface area (Å²) in [4.78, 5) is 0. The SMILES string of the molecule is CC(NC(C)c1ccc(F)cc1Cl)c1ccccc1Cl. The predicted octanol–water partition coefficient (Wildman–Crippen LogP) is 5.54. The maximum Gasteiger partial charge on any atom is 0.124 e. The maximum atomic E-state index is 13.1. The van der Waals surface area contributed by atoms with E-state index in [0.717, 1.165) is 16.1 Å². The van der Waals surface area contributed by atoms with Gasteiger partial charge in [-0.1, -0.05) is 47.5 Å². The van der Waals surface area contributed by atoms with Crippen LogP contribution in [0.15, 0.2) is 42.5 Å². The molecule has 4 heteroatoms. The molecule has 2 aromatic carbocycles. The monoisotopic (exact) mass is 311 g/mol. The molecule has 0 aromatic heterocycles. The van der Waals surface area contributed by atoms with Gasteiger partial charge in [0.2, 0.25) is 0 Å². The molecule has 1 nitrogen and oxygen atoms in total. The number of rotatable bonds is 4. The molecule has 2 atom stereocenters. The highest BCUT2D eigenvalue weighted by atomic mass is 35.5. The van der Waals surface area contributed by atoms with Crippen LogP contribution in [-0.2, 0) is 0 Å². The first kappa shape index (κ1) is 15.3. The van der Waals surface area contributed by atoms with Crippen molar-refractivity contribution in [2.75, 3.05) is 0 Å². The third-order valence-corrected chi connectivity index (χ3v) is 3.97. The second-order valence-electron chi connectivity index (χ2n) is 4.80. The van der Waals surface area contributed by atoms with Gasteiger partial charge in [0.15, 0.2) is 0 Å². The fourth-order valence-electron chi connectivity index (χ4n) is 2.23. The first-order valence-electron chi connectivity index (χ1n) is 6.44. The van der Waals surface area contributed by atoms with Crippen molar-refractivity contribution in [3.63, 3.8) is 0 Å². The summed E-state index contributed by atoms with van der Waals surface area (Å²) >= 11 is 12.3. The van der Waals surface area contributed by atoms with Crippen LogP contribution in [0.2, 0.25) is 10.0 Å². The molecule has 0 aliphatic rings. The molecule has 2 unspecified atom stereocenters. The van der Waals surface area contributed by atoms with E-state index in [0.29, 0.717) is 5.02 Å². The summed E-state index contributed by atoms with van der Waals surface area (Å²) in [6, 6.07) is 12.2. The highest BCUT2D eigenvalue weighted by molar-refractivity contribution is 6.31. The standard InChI is InChI=1S/C16H16Cl2FN/c1-10(13-5-3-4-6-15(13)17)20-11(2)14-8-7-12(19)9-16(14)18/h3-11,20H,1-2H3.